The van der Waals surface area contributed by atoms with Crippen LogP contribution in [-0.4, -0.2) is 29.0 Å². The zero-order chi connectivity index (χ0) is 13.2. The SMILES string of the molecule is O=C(CC1CNC1)NCc1ccnc2[nH]cc(Cl)c12. The van der Waals surface area contributed by atoms with Crippen molar-refractivity contribution in [2.45, 2.75) is 13.0 Å². The normalized spacial score (nSPS) is 15.4. The van der Waals surface area contributed by atoms with E-state index in [1.807, 2.05) is 6.07 Å². The van der Waals surface area contributed by atoms with Gasteiger partial charge in [0.2, 0.25) is 5.91 Å². The standard InChI is InChI=1S/C13H15ClN4O/c14-10-7-18-13-12(10)9(1-2-16-13)6-17-11(19)3-8-4-15-5-8/h1-2,7-8,15H,3-6H2,(H,16,18)(H,17,19). The second kappa shape index (κ2) is 5.19. The molecule has 1 saturated heterocycles. The van der Waals surface area contributed by atoms with E-state index in [0.717, 1.165) is 29.7 Å². The molecule has 0 saturated carbocycles. The van der Waals surface area contributed by atoms with Gasteiger partial charge in [0.05, 0.1) is 5.02 Å². The molecule has 0 spiro atoms. The molecule has 0 unspecified atom stereocenters. The fraction of sp³-hybridized carbons (Fsp3) is 0.385. The number of hydrogen-bond donors (Lipinski definition) is 3. The van der Waals surface area contributed by atoms with Crippen molar-refractivity contribution in [3.63, 3.8) is 0 Å². The highest BCUT2D eigenvalue weighted by molar-refractivity contribution is 6.35. The second-order valence-electron chi connectivity index (χ2n) is 4.84. The molecular weight excluding hydrogens is 264 g/mol. The molecule has 2 aromatic heterocycles. The van der Waals surface area contributed by atoms with Crippen LogP contribution in [0.3, 0.4) is 0 Å². The molecule has 6 heteroatoms. The van der Waals surface area contributed by atoms with Gasteiger partial charge in [0.1, 0.15) is 5.65 Å². The Bertz CT molecular complexity index is 606. The van der Waals surface area contributed by atoms with E-state index in [2.05, 4.69) is 20.6 Å². The molecular formula is C13H15ClN4O. The Hall–Kier alpha value is -1.59. The van der Waals surface area contributed by atoms with E-state index in [1.165, 1.54) is 0 Å². The maximum absolute atomic E-state index is 11.8. The summed E-state index contributed by atoms with van der Waals surface area (Å²) in [5.41, 5.74) is 1.73. The summed E-state index contributed by atoms with van der Waals surface area (Å²) in [6, 6.07) is 1.88. The molecule has 0 radical (unpaired) electrons. The Labute approximate surface area is 115 Å². The lowest BCUT2D eigenvalue weighted by Crippen LogP contribution is -2.44. The van der Waals surface area contributed by atoms with Crippen LogP contribution in [0.4, 0.5) is 0 Å². The Balaban J connectivity index is 1.67. The maximum atomic E-state index is 11.8. The van der Waals surface area contributed by atoms with Gasteiger partial charge in [0.25, 0.3) is 0 Å². The molecule has 1 aliphatic rings. The molecule has 3 rings (SSSR count). The highest BCUT2D eigenvalue weighted by atomic mass is 35.5. The van der Waals surface area contributed by atoms with Crippen LogP contribution in [0.15, 0.2) is 18.5 Å². The first-order chi connectivity index (χ1) is 9.24. The van der Waals surface area contributed by atoms with Gasteiger partial charge in [-0.3, -0.25) is 4.79 Å². The van der Waals surface area contributed by atoms with Gasteiger partial charge in [-0.15, -0.1) is 0 Å². The van der Waals surface area contributed by atoms with Crippen LogP contribution in [0.5, 0.6) is 0 Å². The van der Waals surface area contributed by atoms with Crippen molar-refractivity contribution >= 4 is 28.5 Å². The number of rotatable bonds is 4. The first-order valence-electron chi connectivity index (χ1n) is 6.32. The van der Waals surface area contributed by atoms with Crippen molar-refractivity contribution < 1.29 is 4.79 Å². The number of fused-ring (bicyclic) bond motifs is 1. The Morgan fingerprint density at radius 2 is 2.37 bits per heavy atom. The lowest BCUT2D eigenvalue weighted by molar-refractivity contribution is -0.122. The van der Waals surface area contributed by atoms with Gasteiger partial charge in [0.15, 0.2) is 0 Å². The highest BCUT2D eigenvalue weighted by Crippen LogP contribution is 2.24. The Kier molecular flexibility index (Phi) is 3.40. The smallest absolute Gasteiger partial charge is 0.220 e. The Morgan fingerprint density at radius 3 is 3.11 bits per heavy atom. The third-order valence-corrected chi connectivity index (χ3v) is 3.73. The number of H-pyrrole nitrogens is 1. The average Bonchev–Trinajstić information content (AvgIpc) is 2.74. The number of halogens is 1. The van der Waals surface area contributed by atoms with Crippen molar-refractivity contribution in [2.75, 3.05) is 13.1 Å². The van der Waals surface area contributed by atoms with Crippen molar-refractivity contribution in [3.05, 3.63) is 29.0 Å². The summed E-state index contributed by atoms with van der Waals surface area (Å²) in [6.45, 7) is 2.36. The van der Waals surface area contributed by atoms with Crippen LogP contribution in [0.1, 0.15) is 12.0 Å². The Morgan fingerprint density at radius 1 is 1.53 bits per heavy atom. The fourth-order valence-electron chi connectivity index (χ4n) is 2.25. The summed E-state index contributed by atoms with van der Waals surface area (Å²) in [7, 11) is 0. The summed E-state index contributed by atoms with van der Waals surface area (Å²) in [4.78, 5) is 19.0. The molecule has 3 heterocycles. The molecule has 3 N–H and O–H groups in total. The third kappa shape index (κ3) is 2.57. The van der Waals surface area contributed by atoms with E-state index >= 15 is 0 Å². The first-order valence-corrected chi connectivity index (χ1v) is 6.69. The van der Waals surface area contributed by atoms with Crippen molar-refractivity contribution in [3.8, 4) is 0 Å². The molecule has 0 aliphatic carbocycles. The van der Waals surface area contributed by atoms with E-state index < -0.39 is 0 Å². The van der Waals surface area contributed by atoms with Crippen LogP contribution in [0, 0.1) is 5.92 Å². The lowest BCUT2D eigenvalue weighted by Gasteiger charge is -2.26. The average molecular weight is 279 g/mol. The minimum atomic E-state index is 0.0862. The number of carbonyl (C=O) groups is 1. The van der Waals surface area contributed by atoms with Gasteiger partial charge in [-0.25, -0.2) is 4.98 Å². The van der Waals surface area contributed by atoms with Crippen molar-refractivity contribution in [2.24, 2.45) is 5.92 Å². The second-order valence-corrected chi connectivity index (χ2v) is 5.24. The summed E-state index contributed by atoms with van der Waals surface area (Å²) >= 11 is 6.12. The fourth-order valence-corrected chi connectivity index (χ4v) is 2.52. The number of carbonyl (C=O) groups excluding carboxylic acids is 1. The molecule has 2 aromatic rings. The monoisotopic (exact) mass is 278 g/mol. The van der Waals surface area contributed by atoms with Crippen molar-refractivity contribution in [1.29, 1.82) is 0 Å². The predicted octanol–water partition coefficient (Wildman–Crippen LogP) is 1.44. The van der Waals surface area contributed by atoms with Gasteiger partial charge in [-0.2, -0.15) is 0 Å². The van der Waals surface area contributed by atoms with Gasteiger partial charge in [-0.05, 0) is 30.6 Å². The molecule has 1 amide bonds. The number of nitrogens with one attached hydrogen (secondary N) is 3. The number of hydrogen-bond acceptors (Lipinski definition) is 3. The minimum absolute atomic E-state index is 0.0862. The zero-order valence-corrected chi connectivity index (χ0v) is 11.1. The topological polar surface area (TPSA) is 69.8 Å². The summed E-state index contributed by atoms with van der Waals surface area (Å²) < 4.78 is 0. The van der Waals surface area contributed by atoms with Crippen LogP contribution in [-0.2, 0) is 11.3 Å². The third-order valence-electron chi connectivity index (χ3n) is 3.43. The molecule has 0 bridgehead atoms. The quantitative estimate of drug-likeness (QED) is 0.793. The molecule has 100 valence electrons. The van der Waals surface area contributed by atoms with E-state index in [1.54, 1.807) is 12.4 Å². The first kappa shape index (κ1) is 12.4. The van der Waals surface area contributed by atoms with Gasteiger partial charge in [-0.1, -0.05) is 11.6 Å². The van der Waals surface area contributed by atoms with Crippen LogP contribution in [0.25, 0.3) is 11.0 Å². The van der Waals surface area contributed by atoms with Crippen molar-refractivity contribution in [1.82, 2.24) is 20.6 Å². The maximum Gasteiger partial charge on any atom is 0.220 e. The molecule has 19 heavy (non-hydrogen) atoms. The number of amides is 1. The largest absolute Gasteiger partial charge is 0.352 e. The summed E-state index contributed by atoms with van der Waals surface area (Å²) in [5, 5.41) is 7.62. The van der Waals surface area contributed by atoms with E-state index in [-0.39, 0.29) is 5.91 Å². The molecule has 5 nitrogen and oxygen atoms in total. The van der Waals surface area contributed by atoms with E-state index in [4.69, 9.17) is 11.6 Å². The highest BCUT2D eigenvalue weighted by Gasteiger charge is 2.20. The van der Waals surface area contributed by atoms with Crippen LogP contribution in [0.2, 0.25) is 5.02 Å². The van der Waals surface area contributed by atoms with E-state index in [0.29, 0.717) is 23.9 Å². The van der Waals surface area contributed by atoms with E-state index in [9.17, 15) is 4.79 Å². The predicted molar refractivity (Wildman–Crippen MR) is 73.9 cm³/mol. The number of pyridine rings is 1. The number of aromatic amines is 1. The van der Waals surface area contributed by atoms with Crippen LogP contribution < -0.4 is 10.6 Å². The summed E-state index contributed by atoms with van der Waals surface area (Å²) in [6.07, 6.45) is 4.01. The minimum Gasteiger partial charge on any atom is -0.352 e. The molecule has 1 aliphatic heterocycles. The molecule has 0 atom stereocenters. The van der Waals surface area contributed by atoms with Gasteiger partial charge >= 0.3 is 0 Å². The molecule has 1 fully saturated rings. The summed E-state index contributed by atoms with van der Waals surface area (Å²) in [5.74, 6) is 0.566. The lowest BCUT2D eigenvalue weighted by atomic mass is 9.99. The number of aromatic nitrogens is 2. The van der Waals surface area contributed by atoms with Gasteiger partial charge < -0.3 is 15.6 Å². The zero-order valence-electron chi connectivity index (χ0n) is 10.4. The molecule has 0 aromatic carbocycles. The number of nitrogens with zero attached hydrogens (tertiary/aromatic N) is 1. The van der Waals surface area contributed by atoms with Crippen LogP contribution >= 0.6 is 11.6 Å². The van der Waals surface area contributed by atoms with Gasteiger partial charge in [0, 0.05) is 30.7 Å².